The molecule has 2 nitrogen and oxygen atoms in total. The summed E-state index contributed by atoms with van der Waals surface area (Å²) >= 11 is 0. The lowest BCUT2D eigenvalue weighted by molar-refractivity contribution is -0.870. The van der Waals surface area contributed by atoms with Crippen LogP contribution in [0.1, 0.15) is 24.0 Å². The van der Waals surface area contributed by atoms with E-state index in [0.717, 1.165) is 11.0 Å². The zero-order valence-corrected chi connectivity index (χ0v) is 15.8. The van der Waals surface area contributed by atoms with Crippen LogP contribution in [0, 0.1) is 0 Å². The molecule has 132 valence electrons. The molecule has 0 spiro atoms. The van der Waals surface area contributed by atoms with Gasteiger partial charge in [0.2, 0.25) is 0 Å². The van der Waals surface area contributed by atoms with Crippen LogP contribution >= 0.6 is 0 Å². The third-order valence-electron chi connectivity index (χ3n) is 5.03. The van der Waals surface area contributed by atoms with Gasteiger partial charge in [0.25, 0.3) is 0 Å². The topological polar surface area (TPSA) is 20.2 Å². The van der Waals surface area contributed by atoms with E-state index in [1.54, 1.807) is 11.1 Å². The number of aryl methyl sites for hydroxylation is 2. The maximum atomic E-state index is 8.39. The highest BCUT2D eigenvalue weighted by Crippen LogP contribution is 2.33. The fourth-order valence-electron chi connectivity index (χ4n) is 3.64. The normalized spacial score (nSPS) is 14.1. The average molecular weight is 336 g/mol. The van der Waals surface area contributed by atoms with Crippen LogP contribution in [-0.2, 0) is 12.8 Å². The third kappa shape index (κ3) is 4.20. The van der Waals surface area contributed by atoms with Crippen LogP contribution in [0.15, 0.2) is 48.5 Å². The van der Waals surface area contributed by atoms with Crippen molar-refractivity contribution in [3.63, 3.8) is 0 Å². The van der Waals surface area contributed by atoms with E-state index in [2.05, 4.69) is 69.7 Å². The first-order valence-corrected chi connectivity index (χ1v) is 9.33. The number of aliphatic hydroxyl groups is 1. The Morgan fingerprint density at radius 1 is 0.800 bits per heavy atom. The van der Waals surface area contributed by atoms with Crippen LogP contribution in [0.4, 0.5) is 0 Å². The standard InChI is InChI=1S/C18H16.C5H14NO/c1-3-7-15-13(5-1)9-11-18-16-8-4-2-6-14(16)10-12-17(15)18;1-6(2,3)4-5-7/h1,3,5,7,9-12H,2,4,6,8H2;7H,4-5H2,1-3H3/q;+1. The Morgan fingerprint density at radius 2 is 1.52 bits per heavy atom. The van der Waals surface area contributed by atoms with Gasteiger partial charge < -0.3 is 9.59 Å². The van der Waals surface area contributed by atoms with Crippen molar-refractivity contribution in [1.29, 1.82) is 0 Å². The number of benzene rings is 3. The molecule has 0 saturated carbocycles. The van der Waals surface area contributed by atoms with Gasteiger partial charge in [0.05, 0.1) is 27.7 Å². The second-order valence-electron chi connectivity index (χ2n) is 8.03. The number of hydrogen-bond donors (Lipinski definition) is 1. The second-order valence-corrected chi connectivity index (χ2v) is 8.03. The molecule has 0 saturated heterocycles. The largest absolute Gasteiger partial charge is 0.391 e. The number of likely N-dealkylation sites (N-methyl/N-ethyl adjacent to an activating group) is 1. The number of aliphatic hydroxyl groups excluding tert-OH is 1. The summed E-state index contributed by atoms with van der Waals surface area (Å²) in [5, 5.41) is 14.0. The van der Waals surface area contributed by atoms with Gasteiger partial charge in [0, 0.05) is 0 Å². The number of fused-ring (bicyclic) bond motifs is 5. The van der Waals surface area contributed by atoms with E-state index in [1.807, 2.05) is 0 Å². The van der Waals surface area contributed by atoms with Gasteiger partial charge in [-0.25, -0.2) is 0 Å². The van der Waals surface area contributed by atoms with E-state index >= 15 is 0 Å². The highest BCUT2D eigenvalue weighted by Gasteiger charge is 2.13. The van der Waals surface area contributed by atoms with Crippen LogP contribution in [0.3, 0.4) is 0 Å². The predicted octanol–water partition coefficient (Wildman–Crippen LogP) is 4.56. The summed E-state index contributed by atoms with van der Waals surface area (Å²) in [6, 6.07) is 18.0. The van der Waals surface area contributed by atoms with E-state index < -0.39 is 0 Å². The average Bonchev–Trinajstić information content (AvgIpc) is 2.60. The minimum absolute atomic E-state index is 0.281. The summed E-state index contributed by atoms with van der Waals surface area (Å²) in [5.74, 6) is 0. The van der Waals surface area contributed by atoms with Gasteiger partial charge in [-0.15, -0.1) is 0 Å². The van der Waals surface area contributed by atoms with Crippen molar-refractivity contribution in [2.24, 2.45) is 0 Å². The SMILES string of the molecule is C[N+](C)(C)CCO.c1ccc2c(c1)ccc1c3c(ccc12)CCCC3. The Kier molecular flexibility index (Phi) is 5.41. The number of quaternary nitrogens is 1. The van der Waals surface area contributed by atoms with E-state index in [0.29, 0.717) is 0 Å². The summed E-state index contributed by atoms with van der Waals surface area (Å²) in [7, 11) is 6.16. The molecule has 0 aliphatic heterocycles. The van der Waals surface area contributed by atoms with Crippen molar-refractivity contribution < 1.29 is 9.59 Å². The van der Waals surface area contributed by atoms with Crippen LogP contribution in [0.25, 0.3) is 21.5 Å². The molecule has 0 aromatic heterocycles. The molecule has 0 heterocycles. The second kappa shape index (κ2) is 7.55. The maximum Gasteiger partial charge on any atom is 0.101 e. The fraction of sp³-hybridized carbons (Fsp3) is 0.391. The van der Waals surface area contributed by atoms with Gasteiger partial charge in [-0.3, -0.25) is 0 Å². The minimum Gasteiger partial charge on any atom is -0.391 e. The lowest BCUT2D eigenvalue weighted by Gasteiger charge is -2.21. The zero-order valence-electron chi connectivity index (χ0n) is 15.8. The number of nitrogens with zero attached hydrogens (tertiary/aromatic N) is 1. The molecule has 1 N–H and O–H groups in total. The van der Waals surface area contributed by atoms with Gasteiger partial charge in [0.1, 0.15) is 6.54 Å². The quantitative estimate of drug-likeness (QED) is 0.537. The summed E-state index contributed by atoms with van der Waals surface area (Å²) < 4.78 is 0.844. The Labute approximate surface area is 151 Å². The molecule has 0 bridgehead atoms. The van der Waals surface area contributed by atoms with Crippen LogP contribution in [-0.4, -0.2) is 43.9 Å². The van der Waals surface area contributed by atoms with Crippen molar-refractivity contribution in [1.82, 2.24) is 0 Å². The minimum atomic E-state index is 0.281. The molecule has 25 heavy (non-hydrogen) atoms. The van der Waals surface area contributed by atoms with Gasteiger partial charge in [-0.2, -0.15) is 0 Å². The molecular weight excluding hydrogens is 306 g/mol. The molecule has 3 aromatic rings. The van der Waals surface area contributed by atoms with E-state index in [4.69, 9.17) is 5.11 Å². The highest BCUT2D eigenvalue weighted by molar-refractivity contribution is 6.08. The Bertz CT molecular complexity index is 861. The van der Waals surface area contributed by atoms with E-state index in [9.17, 15) is 0 Å². The summed E-state index contributed by atoms with van der Waals surface area (Å²) in [6.07, 6.45) is 5.22. The monoisotopic (exact) mass is 336 g/mol. The van der Waals surface area contributed by atoms with Crippen LogP contribution in [0.5, 0.6) is 0 Å². The molecule has 0 radical (unpaired) electrons. The zero-order chi connectivity index (χ0) is 17.9. The number of rotatable bonds is 2. The van der Waals surface area contributed by atoms with Crippen molar-refractivity contribution in [3.8, 4) is 0 Å². The molecule has 3 aromatic carbocycles. The molecule has 2 heteroatoms. The van der Waals surface area contributed by atoms with E-state index in [1.165, 1.54) is 47.2 Å². The molecule has 0 amide bonds. The fourth-order valence-corrected chi connectivity index (χ4v) is 3.64. The lowest BCUT2D eigenvalue weighted by Crippen LogP contribution is -2.36. The lowest BCUT2D eigenvalue weighted by atomic mass is 9.86. The van der Waals surface area contributed by atoms with Crippen molar-refractivity contribution in [2.75, 3.05) is 34.3 Å². The Hall–Kier alpha value is -1.90. The molecule has 4 rings (SSSR count). The summed E-state index contributed by atoms with van der Waals surface area (Å²) in [6.45, 7) is 1.11. The van der Waals surface area contributed by atoms with Gasteiger partial charge >= 0.3 is 0 Å². The Balaban J connectivity index is 0.000000225. The molecule has 0 atom stereocenters. The molecule has 1 aliphatic rings. The van der Waals surface area contributed by atoms with Crippen molar-refractivity contribution in [2.45, 2.75) is 25.7 Å². The first-order valence-electron chi connectivity index (χ1n) is 9.33. The first-order chi connectivity index (χ1) is 12.0. The smallest absolute Gasteiger partial charge is 0.101 e. The summed E-state index contributed by atoms with van der Waals surface area (Å²) in [5.41, 5.74) is 3.17. The highest BCUT2D eigenvalue weighted by atomic mass is 16.3. The van der Waals surface area contributed by atoms with Crippen molar-refractivity contribution in [3.05, 3.63) is 59.7 Å². The van der Waals surface area contributed by atoms with Crippen molar-refractivity contribution >= 4 is 21.5 Å². The summed E-state index contributed by atoms with van der Waals surface area (Å²) in [4.78, 5) is 0. The molecule has 0 unspecified atom stereocenters. The van der Waals surface area contributed by atoms with Gasteiger partial charge in [-0.05, 0) is 58.4 Å². The van der Waals surface area contributed by atoms with Gasteiger partial charge in [0.15, 0.2) is 0 Å². The predicted molar refractivity (Wildman–Crippen MR) is 108 cm³/mol. The number of hydrogen-bond acceptors (Lipinski definition) is 1. The van der Waals surface area contributed by atoms with Gasteiger partial charge in [-0.1, -0.05) is 48.5 Å². The third-order valence-corrected chi connectivity index (χ3v) is 5.03. The molecule has 1 aliphatic carbocycles. The molecule has 0 fully saturated rings. The van der Waals surface area contributed by atoms with Crippen LogP contribution < -0.4 is 0 Å². The Morgan fingerprint density at radius 3 is 2.24 bits per heavy atom. The van der Waals surface area contributed by atoms with Crippen LogP contribution in [0.2, 0.25) is 0 Å². The van der Waals surface area contributed by atoms with E-state index in [-0.39, 0.29) is 6.61 Å². The molecular formula is C23H30NO+. The first kappa shape index (κ1) is 17.9. The maximum absolute atomic E-state index is 8.39.